The minimum absolute atomic E-state index is 0.860. The van der Waals surface area contributed by atoms with Gasteiger partial charge in [-0.2, -0.15) is 0 Å². The molecule has 0 bridgehead atoms. The molecule has 0 spiro atoms. The molecular weight excluding hydrogens is 350 g/mol. The SMILES string of the molecule is CNCc1cc(-c2ccc3[nH]ccc3c2)n(Sc2c(C)cc(C)cc2C)c1. The molecule has 0 aliphatic rings. The van der Waals surface area contributed by atoms with Crippen molar-refractivity contribution >= 4 is 22.9 Å². The van der Waals surface area contributed by atoms with Crippen molar-refractivity contribution in [3.8, 4) is 11.3 Å². The summed E-state index contributed by atoms with van der Waals surface area (Å²) in [4.78, 5) is 4.61. The maximum Gasteiger partial charge on any atom is 0.0598 e. The Bertz CT molecular complexity index is 1080. The topological polar surface area (TPSA) is 32.8 Å². The molecule has 2 aromatic carbocycles. The smallest absolute Gasteiger partial charge is 0.0598 e. The molecule has 0 saturated carbocycles. The minimum atomic E-state index is 0.860. The quantitative estimate of drug-likeness (QED) is 0.459. The fourth-order valence-electron chi connectivity index (χ4n) is 3.71. The summed E-state index contributed by atoms with van der Waals surface area (Å²) in [7, 11) is 1.99. The maximum absolute atomic E-state index is 3.28. The summed E-state index contributed by atoms with van der Waals surface area (Å²) < 4.78 is 2.31. The largest absolute Gasteiger partial charge is 0.361 e. The van der Waals surface area contributed by atoms with Gasteiger partial charge in [0.25, 0.3) is 0 Å². The Balaban J connectivity index is 1.80. The van der Waals surface area contributed by atoms with E-state index in [9.17, 15) is 0 Å². The van der Waals surface area contributed by atoms with Gasteiger partial charge in [-0.25, -0.2) is 0 Å². The monoisotopic (exact) mass is 375 g/mol. The van der Waals surface area contributed by atoms with Crippen molar-refractivity contribution in [3.63, 3.8) is 0 Å². The lowest BCUT2D eigenvalue weighted by atomic mass is 10.1. The van der Waals surface area contributed by atoms with E-state index in [1.54, 1.807) is 11.9 Å². The van der Waals surface area contributed by atoms with Crippen molar-refractivity contribution in [1.82, 2.24) is 14.3 Å². The van der Waals surface area contributed by atoms with Crippen LogP contribution < -0.4 is 5.32 Å². The molecule has 138 valence electrons. The third-order valence-electron chi connectivity index (χ3n) is 4.87. The number of nitrogens with zero attached hydrogens (tertiary/aromatic N) is 1. The summed E-state index contributed by atoms with van der Waals surface area (Å²) in [5.41, 5.74) is 8.89. The Labute approximate surface area is 164 Å². The summed E-state index contributed by atoms with van der Waals surface area (Å²) in [6.07, 6.45) is 4.24. The molecule has 0 atom stereocenters. The zero-order valence-corrected chi connectivity index (χ0v) is 17.1. The first kappa shape index (κ1) is 18.0. The van der Waals surface area contributed by atoms with Crippen LogP contribution in [0, 0.1) is 20.8 Å². The van der Waals surface area contributed by atoms with Crippen molar-refractivity contribution in [3.05, 3.63) is 77.1 Å². The third kappa shape index (κ3) is 3.55. The number of aryl methyl sites for hydroxylation is 3. The highest BCUT2D eigenvalue weighted by molar-refractivity contribution is 7.98. The normalized spacial score (nSPS) is 11.4. The second-order valence-electron chi connectivity index (χ2n) is 7.19. The molecule has 3 nitrogen and oxygen atoms in total. The van der Waals surface area contributed by atoms with Gasteiger partial charge in [0.15, 0.2) is 0 Å². The third-order valence-corrected chi connectivity index (χ3v) is 6.19. The molecule has 2 heterocycles. The van der Waals surface area contributed by atoms with E-state index in [1.165, 1.54) is 49.3 Å². The number of rotatable bonds is 5. The van der Waals surface area contributed by atoms with Crippen LogP contribution in [0.3, 0.4) is 0 Å². The van der Waals surface area contributed by atoms with Gasteiger partial charge in [-0.1, -0.05) is 23.8 Å². The van der Waals surface area contributed by atoms with Crippen LogP contribution in [-0.4, -0.2) is 16.0 Å². The fourth-order valence-corrected chi connectivity index (χ4v) is 4.75. The van der Waals surface area contributed by atoms with Crippen molar-refractivity contribution in [2.24, 2.45) is 0 Å². The molecule has 2 aromatic heterocycles. The highest BCUT2D eigenvalue weighted by atomic mass is 32.2. The predicted octanol–water partition coefficient (Wildman–Crippen LogP) is 5.84. The molecule has 4 rings (SSSR count). The van der Waals surface area contributed by atoms with Crippen LogP contribution in [0.25, 0.3) is 22.2 Å². The molecule has 0 radical (unpaired) electrons. The van der Waals surface area contributed by atoms with Gasteiger partial charge >= 0.3 is 0 Å². The number of benzene rings is 2. The maximum atomic E-state index is 3.28. The van der Waals surface area contributed by atoms with E-state index in [1.807, 2.05) is 13.2 Å². The van der Waals surface area contributed by atoms with Gasteiger partial charge in [0.05, 0.1) is 5.69 Å². The lowest BCUT2D eigenvalue weighted by Gasteiger charge is -2.14. The predicted molar refractivity (Wildman–Crippen MR) is 116 cm³/mol. The number of hydrogen-bond donors (Lipinski definition) is 2. The first-order chi connectivity index (χ1) is 13.0. The van der Waals surface area contributed by atoms with Gasteiger partial charge < -0.3 is 10.3 Å². The summed E-state index contributed by atoms with van der Waals surface area (Å²) >= 11 is 1.81. The second kappa shape index (κ2) is 7.29. The van der Waals surface area contributed by atoms with Crippen LogP contribution in [0.2, 0.25) is 0 Å². The van der Waals surface area contributed by atoms with Gasteiger partial charge in [-0.3, -0.25) is 3.97 Å². The number of aromatic amines is 1. The molecule has 0 saturated heterocycles. The van der Waals surface area contributed by atoms with E-state index in [4.69, 9.17) is 0 Å². The number of nitrogens with one attached hydrogen (secondary N) is 2. The molecule has 2 N–H and O–H groups in total. The Morgan fingerprint density at radius 1 is 1.00 bits per heavy atom. The van der Waals surface area contributed by atoms with Crippen molar-refractivity contribution in [1.29, 1.82) is 0 Å². The molecule has 4 aromatic rings. The number of hydrogen-bond acceptors (Lipinski definition) is 2. The van der Waals surface area contributed by atoms with E-state index in [0.717, 1.165) is 6.54 Å². The van der Waals surface area contributed by atoms with E-state index in [-0.39, 0.29) is 0 Å². The van der Waals surface area contributed by atoms with E-state index >= 15 is 0 Å². The number of H-pyrrole nitrogens is 1. The number of aromatic nitrogens is 2. The van der Waals surface area contributed by atoms with E-state index in [0.29, 0.717) is 0 Å². The molecular formula is C23H25N3S. The molecule has 0 aliphatic heterocycles. The highest BCUT2D eigenvalue weighted by Crippen LogP contribution is 2.35. The van der Waals surface area contributed by atoms with Gasteiger partial charge in [0.1, 0.15) is 0 Å². The van der Waals surface area contributed by atoms with Crippen LogP contribution in [0.5, 0.6) is 0 Å². The second-order valence-corrected chi connectivity index (χ2v) is 8.17. The van der Waals surface area contributed by atoms with Crippen LogP contribution >= 0.6 is 11.9 Å². The Morgan fingerprint density at radius 3 is 2.52 bits per heavy atom. The molecule has 0 amide bonds. The van der Waals surface area contributed by atoms with E-state index < -0.39 is 0 Å². The first-order valence-electron chi connectivity index (χ1n) is 9.25. The van der Waals surface area contributed by atoms with Gasteiger partial charge in [-0.05, 0) is 86.3 Å². The first-order valence-corrected chi connectivity index (χ1v) is 10.0. The minimum Gasteiger partial charge on any atom is -0.361 e. The standard InChI is InChI=1S/C23H25N3S/c1-15-9-16(2)23(17(3)10-15)27-26-14-18(13-24-4)11-22(26)20-5-6-21-19(12-20)7-8-25-21/h5-12,14,24-25H,13H2,1-4H3. The molecule has 0 aliphatic carbocycles. The zero-order valence-electron chi connectivity index (χ0n) is 16.3. The Morgan fingerprint density at radius 2 is 1.78 bits per heavy atom. The molecule has 27 heavy (non-hydrogen) atoms. The van der Waals surface area contributed by atoms with Crippen molar-refractivity contribution in [2.75, 3.05) is 7.05 Å². The summed E-state index contributed by atoms with van der Waals surface area (Å²) in [6, 6.07) is 15.6. The fraction of sp³-hybridized carbons (Fsp3) is 0.217. The lowest BCUT2D eigenvalue weighted by molar-refractivity contribution is 0.818. The van der Waals surface area contributed by atoms with Crippen molar-refractivity contribution < 1.29 is 0 Å². The van der Waals surface area contributed by atoms with Crippen molar-refractivity contribution in [2.45, 2.75) is 32.2 Å². The van der Waals surface area contributed by atoms with Gasteiger partial charge in [0.2, 0.25) is 0 Å². The van der Waals surface area contributed by atoms with Crippen LogP contribution in [0.15, 0.2) is 59.8 Å². The van der Waals surface area contributed by atoms with Crippen LogP contribution in [0.4, 0.5) is 0 Å². The Kier molecular flexibility index (Phi) is 4.85. The average molecular weight is 376 g/mol. The lowest BCUT2D eigenvalue weighted by Crippen LogP contribution is -2.03. The number of fused-ring (bicyclic) bond motifs is 1. The van der Waals surface area contributed by atoms with Crippen LogP contribution in [0.1, 0.15) is 22.3 Å². The average Bonchev–Trinajstić information content (AvgIpc) is 3.24. The van der Waals surface area contributed by atoms with Gasteiger partial charge in [0, 0.05) is 34.7 Å². The highest BCUT2D eigenvalue weighted by Gasteiger charge is 2.13. The summed E-state index contributed by atoms with van der Waals surface area (Å²) in [5.74, 6) is 0. The Hall–Kier alpha value is -2.43. The van der Waals surface area contributed by atoms with E-state index in [2.05, 4.69) is 83.7 Å². The van der Waals surface area contributed by atoms with Gasteiger partial charge in [-0.15, -0.1) is 0 Å². The van der Waals surface area contributed by atoms with Crippen LogP contribution in [-0.2, 0) is 6.54 Å². The summed E-state index contributed by atoms with van der Waals surface area (Å²) in [5, 5.41) is 4.51. The zero-order chi connectivity index (χ0) is 19.0. The summed E-state index contributed by atoms with van der Waals surface area (Å²) in [6.45, 7) is 7.42. The molecule has 0 fully saturated rings. The molecule has 0 unspecified atom stereocenters. The molecule has 4 heteroatoms.